The highest BCUT2D eigenvalue weighted by Crippen LogP contribution is 2.28. The van der Waals surface area contributed by atoms with Crippen LogP contribution in [0.15, 0.2) is 12.2 Å². The number of aliphatic hydroxyl groups excluding tert-OH is 8. The first-order chi connectivity index (χ1) is 20.6. The molecule has 1 unspecified atom stereocenters. The molecule has 0 aromatic carbocycles. The molecule has 2 fully saturated rings. The molecule has 2 heterocycles. The van der Waals surface area contributed by atoms with Crippen LogP contribution in [0.2, 0.25) is 0 Å². The smallest absolute Gasteiger partial charge is 0.303 e. The van der Waals surface area contributed by atoms with Crippen molar-refractivity contribution in [3.63, 3.8) is 0 Å². The number of aliphatic carboxylic acids is 1. The number of unbranched alkanes of at least 4 members (excludes halogenated alkanes) is 11. The molecule has 13 heteroatoms. The van der Waals surface area contributed by atoms with Crippen molar-refractivity contribution in [1.29, 1.82) is 0 Å². The zero-order valence-electron chi connectivity index (χ0n) is 25.4. The van der Waals surface area contributed by atoms with Crippen LogP contribution < -0.4 is 0 Å². The van der Waals surface area contributed by atoms with Crippen LogP contribution in [-0.2, 0) is 19.0 Å². The van der Waals surface area contributed by atoms with Gasteiger partial charge >= 0.3 is 5.97 Å². The van der Waals surface area contributed by atoms with Crippen LogP contribution in [0.25, 0.3) is 0 Å². The highest BCUT2D eigenvalue weighted by atomic mass is 16.7. The minimum absolute atomic E-state index is 0.332. The molecule has 0 amide bonds. The van der Waals surface area contributed by atoms with E-state index in [0.29, 0.717) is 6.42 Å². The Kier molecular flexibility index (Phi) is 21.4. The lowest BCUT2D eigenvalue weighted by molar-refractivity contribution is -0.355. The summed E-state index contributed by atoms with van der Waals surface area (Å²) in [7, 11) is 0. The van der Waals surface area contributed by atoms with E-state index in [-0.39, 0.29) is 0 Å². The molecule has 0 aromatic heterocycles. The van der Waals surface area contributed by atoms with Crippen LogP contribution in [0.3, 0.4) is 0 Å². The molecule has 13 nitrogen and oxygen atoms in total. The van der Waals surface area contributed by atoms with Crippen molar-refractivity contribution in [2.75, 3.05) is 13.2 Å². The topological polar surface area (TPSA) is 227 Å². The number of allylic oxidation sites excluding steroid dienone is 2. The van der Waals surface area contributed by atoms with Gasteiger partial charge in [0.05, 0.1) is 13.2 Å². The third-order valence-corrected chi connectivity index (χ3v) is 7.63. The number of hydrogen-bond acceptors (Lipinski definition) is 12. The standard InChI is InChI=1S/C18H34O2.C12H22O11/c1-2-3-4-5-6-7-8-9-10-11-12-13-14-15-16-17-18(19)20;13-1-3-5(15)6(16)9(19)12(22-3)23-10-4(2-14)21-11(20)8(18)7(10)17/h9-10H,2-8,11-17H2,1H3,(H,19,20);3-20H,1-2H2/b10-9-;/t;3-,4-,5+,6+,7-,8-,9-,10-,11?,12+/m.1/s1. The number of aliphatic hydroxyl groups is 8. The van der Waals surface area contributed by atoms with Crippen LogP contribution in [0.1, 0.15) is 96.8 Å². The Balaban J connectivity index is 0.000000436. The molecule has 0 radical (unpaired) electrons. The van der Waals surface area contributed by atoms with Crippen molar-refractivity contribution in [3.05, 3.63) is 12.2 Å². The van der Waals surface area contributed by atoms with Gasteiger partial charge in [-0.2, -0.15) is 0 Å². The molecule has 2 aliphatic rings. The Hall–Kier alpha value is -1.23. The lowest BCUT2D eigenvalue weighted by atomic mass is 9.97. The maximum absolute atomic E-state index is 10.3. The van der Waals surface area contributed by atoms with Gasteiger partial charge in [0.15, 0.2) is 12.6 Å². The molecule has 2 aliphatic heterocycles. The fourth-order valence-corrected chi connectivity index (χ4v) is 4.92. The summed E-state index contributed by atoms with van der Waals surface area (Å²) in [6.45, 7) is 0.914. The number of ether oxygens (including phenoxy) is 3. The first-order valence-electron chi connectivity index (χ1n) is 15.7. The van der Waals surface area contributed by atoms with E-state index in [1.165, 1.54) is 70.6 Å². The average molecular weight is 625 g/mol. The molecule has 2 saturated heterocycles. The van der Waals surface area contributed by atoms with E-state index in [4.69, 9.17) is 24.4 Å². The van der Waals surface area contributed by atoms with Gasteiger partial charge in [-0.1, -0.05) is 70.4 Å². The van der Waals surface area contributed by atoms with Crippen LogP contribution in [-0.4, -0.2) is 127 Å². The molecule has 254 valence electrons. The minimum atomic E-state index is -1.74. The Labute approximate surface area is 254 Å². The largest absolute Gasteiger partial charge is 0.481 e. The number of carboxylic acid groups (broad SMARTS) is 1. The molecule has 0 bridgehead atoms. The Morgan fingerprint density at radius 1 is 0.651 bits per heavy atom. The summed E-state index contributed by atoms with van der Waals surface area (Å²) in [6.07, 6.45) is 5.67. The summed E-state index contributed by atoms with van der Waals surface area (Å²) >= 11 is 0. The van der Waals surface area contributed by atoms with Gasteiger partial charge in [0.2, 0.25) is 0 Å². The van der Waals surface area contributed by atoms with Gasteiger partial charge in [-0.05, 0) is 32.1 Å². The third kappa shape index (κ3) is 15.1. The molecule has 2 rings (SSSR count). The van der Waals surface area contributed by atoms with Crippen molar-refractivity contribution in [3.8, 4) is 0 Å². The molecule has 0 saturated carbocycles. The van der Waals surface area contributed by atoms with E-state index in [2.05, 4.69) is 19.1 Å². The molecular formula is C30H56O13. The Morgan fingerprint density at radius 3 is 1.72 bits per heavy atom. The molecule has 9 N–H and O–H groups in total. The van der Waals surface area contributed by atoms with Crippen molar-refractivity contribution < 1.29 is 65.0 Å². The zero-order valence-corrected chi connectivity index (χ0v) is 25.4. The van der Waals surface area contributed by atoms with Crippen molar-refractivity contribution >= 4 is 5.97 Å². The summed E-state index contributed by atoms with van der Waals surface area (Å²) in [4.78, 5) is 10.3. The second-order valence-electron chi connectivity index (χ2n) is 11.3. The van der Waals surface area contributed by atoms with E-state index in [1.54, 1.807) is 0 Å². The molecule has 0 aromatic rings. The first kappa shape index (κ1) is 39.8. The van der Waals surface area contributed by atoms with Crippen LogP contribution >= 0.6 is 0 Å². The highest BCUT2D eigenvalue weighted by Gasteiger charge is 2.50. The van der Waals surface area contributed by atoms with Crippen molar-refractivity contribution in [2.45, 2.75) is 158 Å². The lowest BCUT2D eigenvalue weighted by Crippen LogP contribution is -2.64. The van der Waals surface area contributed by atoms with Crippen LogP contribution in [0, 0.1) is 0 Å². The predicted molar refractivity (Wildman–Crippen MR) is 156 cm³/mol. The summed E-state index contributed by atoms with van der Waals surface area (Å²) < 4.78 is 15.3. The summed E-state index contributed by atoms with van der Waals surface area (Å²) in [5, 5.41) is 85.0. The number of rotatable bonds is 19. The fraction of sp³-hybridized carbons (Fsp3) is 0.900. The monoisotopic (exact) mass is 624 g/mol. The van der Waals surface area contributed by atoms with E-state index in [9.17, 15) is 40.5 Å². The average Bonchev–Trinajstić information content (AvgIpc) is 2.99. The zero-order chi connectivity index (χ0) is 32.2. The molecule has 0 aliphatic carbocycles. The van der Waals surface area contributed by atoms with Gasteiger partial charge in [0, 0.05) is 6.42 Å². The van der Waals surface area contributed by atoms with Crippen molar-refractivity contribution in [2.24, 2.45) is 0 Å². The minimum Gasteiger partial charge on any atom is -0.481 e. The van der Waals surface area contributed by atoms with E-state index in [1.807, 2.05) is 0 Å². The van der Waals surface area contributed by atoms with Crippen LogP contribution in [0.5, 0.6) is 0 Å². The molecule has 43 heavy (non-hydrogen) atoms. The lowest BCUT2D eigenvalue weighted by Gasteiger charge is -2.45. The third-order valence-electron chi connectivity index (χ3n) is 7.63. The van der Waals surface area contributed by atoms with Crippen molar-refractivity contribution in [1.82, 2.24) is 0 Å². The molecule has 0 spiro atoms. The van der Waals surface area contributed by atoms with E-state index < -0.39 is 80.6 Å². The SMILES string of the molecule is CCCCCCCC/C=C\CCCCCCCC(=O)O.OC[C@H]1O[C@@H](O[C@H]2[C@H](O)[C@@H](O)C(O)O[C@@H]2CO)[C@H](O)[C@@H](O)[C@H]1O. The Morgan fingerprint density at radius 2 is 1.19 bits per heavy atom. The first-order valence-corrected chi connectivity index (χ1v) is 15.7. The quantitative estimate of drug-likeness (QED) is 0.0714. The predicted octanol–water partition coefficient (Wildman–Crippen LogP) is 0.711. The Bertz CT molecular complexity index is 735. The van der Waals surface area contributed by atoms with Gasteiger partial charge in [0.25, 0.3) is 0 Å². The van der Waals surface area contributed by atoms with E-state index in [0.717, 1.165) is 12.8 Å². The van der Waals surface area contributed by atoms with Gasteiger partial charge in [0.1, 0.15) is 48.8 Å². The molecular weight excluding hydrogens is 568 g/mol. The van der Waals surface area contributed by atoms with Gasteiger partial charge in [-0.25, -0.2) is 0 Å². The summed E-state index contributed by atoms with van der Waals surface area (Å²) in [5.41, 5.74) is 0. The number of carbonyl (C=O) groups is 1. The van der Waals surface area contributed by atoms with Crippen LogP contribution in [0.4, 0.5) is 0 Å². The number of hydrogen-bond donors (Lipinski definition) is 9. The van der Waals surface area contributed by atoms with E-state index >= 15 is 0 Å². The molecule has 10 atom stereocenters. The second-order valence-corrected chi connectivity index (χ2v) is 11.3. The fourth-order valence-electron chi connectivity index (χ4n) is 4.92. The van der Waals surface area contributed by atoms with Gasteiger partial charge < -0.3 is 60.2 Å². The highest BCUT2D eigenvalue weighted by molar-refractivity contribution is 5.66. The van der Waals surface area contributed by atoms with Gasteiger partial charge in [-0.15, -0.1) is 0 Å². The summed E-state index contributed by atoms with van der Waals surface area (Å²) in [6, 6.07) is 0. The summed E-state index contributed by atoms with van der Waals surface area (Å²) in [5.74, 6) is -0.664. The second kappa shape index (κ2) is 23.2. The maximum atomic E-state index is 10.3. The maximum Gasteiger partial charge on any atom is 0.303 e. The van der Waals surface area contributed by atoms with Gasteiger partial charge in [-0.3, -0.25) is 4.79 Å². The normalized spacial score (nSPS) is 32.9. The number of carboxylic acids is 1.